The Morgan fingerprint density at radius 2 is 1.85 bits per heavy atom. The van der Waals surface area contributed by atoms with Crippen LogP contribution in [-0.2, 0) is 9.59 Å². The predicted molar refractivity (Wildman–Crippen MR) is 129 cm³/mol. The number of nitrogens with one attached hydrogen (secondary N) is 1. The number of carbonyl (C=O) groups excluding carboxylic acids is 2. The van der Waals surface area contributed by atoms with Crippen LogP contribution < -0.4 is 5.32 Å². The van der Waals surface area contributed by atoms with E-state index in [-0.39, 0.29) is 11.3 Å². The lowest BCUT2D eigenvalue weighted by Gasteiger charge is -2.60. The molecule has 2 amide bonds. The van der Waals surface area contributed by atoms with Crippen LogP contribution >= 0.6 is 0 Å². The van der Waals surface area contributed by atoms with Gasteiger partial charge in [-0.15, -0.1) is 0 Å². The smallest absolute Gasteiger partial charge is 0.246 e. The molecule has 2 bridgehead atoms. The van der Waals surface area contributed by atoms with E-state index in [0.717, 1.165) is 50.1 Å². The minimum atomic E-state index is 0.108. The summed E-state index contributed by atoms with van der Waals surface area (Å²) in [6, 6.07) is 0.351. The van der Waals surface area contributed by atoms with E-state index in [4.69, 9.17) is 0 Å². The quantitative estimate of drug-likeness (QED) is 0.697. The van der Waals surface area contributed by atoms with Crippen molar-refractivity contribution in [2.24, 2.45) is 40.4 Å². The highest BCUT2D eigenvalue weighted by atomic mass is 16.2. The minimum Gasteiger partial charge on any atom is -0.341 e. The SMILES string of the molecule is CN1C(=O)C=C[C@]2(C)[C@H]3CC[C@]4(C)[C@@H](CC(=O)NC5CC6CCN5CC6)CC[C@H]4[C@@H]3CC[C@@H]12. The molecule has 0 aromatic carbocycles. The monoisotopic (exact) mass is 453 g/mol. The van der Waals surface area contributed by atoms with Gasteiger partial charge in [-0.25, -0.2) is 0 Å². The van der Waals surface area contributed by atoms with Crippen LogP contribution in [0.1, 0.15) is 78.1 Å². The third kappa shape index (κ3) is 3.35. The highest BCUT2D eigenvalue weighted by molar-refractivity contribution is 5.89. The van der Waals surface area contributed by atoms with Crippen LogP contribution in [-0.4, -0.2) is 54.0 Å². The summed E-state index contributed by atoms with van der Waals surface area (Å²) in [5.74, 6) is 3.96. The number of rotatable bonds is 3. The molecule has 4 heterocycles. The summed E-state index contributed by atoms with van der Waals surface area (Å²) in [4.78, 5) is 30.0. The summed E-state index contributed by atoms with van der Waals surface area (Å²) in [5, 5.41) is 3.44. The normalized spacial score (nSPS) is 50.5. The molecule has 0 aromatic heterocycles. The van der Waals surface area contributed by atoms with Gasteiger partial charge in [-0.05, 0) is 98.9 Å². The molecule has 33 heavy (non-hydrogen) atoms. The molecule has 3 aliphatic carbocycles. The predicted octanol–water partition coefficient (Wildman–Crippen LogP) is 4.19. The van der Waals surface area contributed by atoms with Gasteiger partial charge in [0.25, 0.3) is 0 Å². The average Bonchev–Trinajstić information content (AvgIpc) is 3.13. The summed E-state index contributed by atoms with van der Waals surface area (Å²) < 4.78 is 0. The van der Waals surface area contributed by atoms with Crippen molar-refractivity contribution in [3.63, 3.8) is 0 Å². The fraction of sp³-hybridized carbons (Fsp3) is 0.857. The second kappa shape index (κ2) is 7.83. The molecular weight excluding hydrogens is 410 g/mol. The number of hydrogen-bond donors (Lipinski definition) is 1. The summed E-state index contributed by atoms with van der Waals surface area (Å²) in [6.45, 7) is 7.27. The van der Waals surface area contributed by atoms with Crippen LogP contribution in [0.15, 0.2) is 12.2 Å². The Morgan fingerprint density at radius 1 is 1.06 bits per heavy atom. The standard InChI is InChI=1S/C28H43N3O2/c1-27-12-8-22-20(5-7-23-28(22,2)13-9-26(33)30(23)3)21(27)6-4-19(27)17-25(32)29-24-16-18-10-14-31(24)15-11-18/h9,13,18-24H,4-8,10-12,14-17H2,1-3H3,(H,29,32)/t19-,20+,21+,22+,23-,24?,27-,28-/m1/s1. The Labute approximate surface area is 199 Å². The Bertz CT molecular complexity index is 848. The van der Waals surface area contributed by atoms with E-state index in [0.29, 0.717) is 35.4 Å². The Balaban J connectivity index is 1.14. The second-order valence-corrected chi connectivity index (χ2v) is 12.9. The van der Waals surface area contributed by atoms with E-state index in [1.54, 1.807) is 0 Å². The second-order valence-electron chi connectivity index (χ2n) is 12.9. The number of amides is 2. The van der Waals surface area contributed by atoms with Crippen LogP contribution in [0.25, 0.3) is 0 Å². The zero-order valence-electron chi connectivity index (χ0n) is 20.9. The maximum absolute atomic E-state index is 13.2. The highest BCUT2D eigenvalue weighted by Gasteiger charge is 2.60. The molecular formula is C28H43N3O2. The maximum atomic E-state index is 13.2. The number of likely N-dealkylation sites (N-methyl/N-ethyl adjacent to an activating group) is 1. The van der Waals surface area contributed by atoms with Gasteiger partial charge in [0, 0.05) is 38.0 Å². The first-order valence-electron chi connectivity index (χ1n) is 13.8. The van der Waals surface area contributed by atoms with Crippen molar-refractivity contribution >= 4 is 11.8 Å². The summed E-state index contributed by atoms with van der Waals surface area (Å²) in [7, 11) is 2.00. The molecule has 6 fully saturated rings. The topological polar surface area (TPSA) is 52.7 Å². The molecule has 5 heteroatoms. The van der Waals surface area contributed by atoms with Gasteiger partial charge in [-0.1, -0.05) is 19.9 Å². The number of fused-ring (bicyclic) bond motifs is 8. The van der Waals surface area contributed by atoms with E-state index >= 15 is 0 Å². The van der Waals surface area contributed by atoms with Crippen molar-refractivity contribution in [2.75, 3.05) is 20.1 Å². The van der Waals surface area contributed by atoms with E-state index in [1.165, 1.54) is 44.9 Å². The van der Waals surface area contributed by atoms with Gasteiger partial charge in [0.05, 0.1) is 6.17 Å². The van der Waals surface area contributed by atoms with Crippen molar-refractivity contribution in [1.82, 2.24) is 15.1 Å². The first-order valence-corrected chi connectivity index (χ1v) is 13.8. The molecule has 7 rings (SSSR count). The van der Waals surface area contributed by atoms with Crippen molar-refractivity contribution in [1.29, 1.82) is 0 Å². The first-order chi connectivity index (χ1) is 15.8. The fourth-order valence-electron chi connectivity index (χ4n) is 9.77. The molecule has 1 N–H and O–H groups in total. The molecule has 182 valence electrons. The zero-order chi connectivity index (χ0) is 23.0. The number of piperidine rings is 3. The summed E-state index contributed by atoms with van der Waals surface area (Å²) >= 11 is 0. The van der Waals surface area contributed by atoms with Crippen LogP contribution in [0.2, 0.25) is 0 Å². The maximum Gasteiger partial charge on any atom is 0.246 e. The van der Waals surface area contributed by atoms with Crippen molar-refractivity contribution in [2.45, 2.75) is 90.3 Å². The molecule has 0 aromatic rings. The van der Waals surface area contributed by atoms with Gasteiger partial charge >= 0.3 is 0 Å². The molecule has 5 nitrogen and oxygen atoms in total. The van der Waals surface area contributed by atoms with Gasteiger partial charge in [0.15, 0.2) is 0 Å². The zero-order valence-corrected chi connectivity index (χ0v) is 20.9. The van der Waals surface area contributed by atoms with Crippen LogP contribution in [0, 0.1) is 40.4 Å². The fourth-order valence-corrected chi connectivity index (χ4v) is 9.77. The van der Waals surface area contributed by atoms with Crippen molar-refractivity contribution < 1.29 is 9.59 Å². The lowest BCUT2D eigenvalue weighted by molar-refractivity contribution is -0.139. The van der Waals surface area contributed by atoms with Gasteiger partial charge in [0.2, 0.25) is 11.8 Å². The molecule has 3 saturated heterocycles. The van der Waals surface area contributed by atoms with Crippen molar-refractivity contribution in [3.8, 4) is 0 Å². The summed E-state index contributed by atoms with van der Waals surface area (Å²) in [6.07, 6.45) is 16.3. The van der Waals surface area contributed by atoms with Crippen LogP contribution in [0.4, 0.5) is 0 Å². The average molecular weight is 454 g/mol. The van der Waals surface area contributed by atoms with Crippen LogP contribution in [0.5, 0.6) is 0 Å². The first kappa shape index (κ1) is 22.1. The third-order valence-electron chi connectivity index (χ3n) is 11.7. The van der Waals surface area contributed by atoms with Crippen LogP contribution in [0.3, 0.4) is 0 Å². The van der Waals surface area contributed by atoms with Gasteiger partial charge < -0.3 is 10.2 Å². The molecule has 3 saturated carbocycles. The number of nitrogens with zero attached hydrogens (tertiary/aromatic N) is 2. The molecule has 4 aliphatic heterocycles. The van der Waals surface area contributed by atoms with E-state index in [9.17, 15) is 9.59 Å². The van der Waals surface area contributed by atoms with Gasteiger partial charge in [-0.3, -0.25) is 14.5 Å². The third-order valence-corrected chi connectivity index (χ3v) is 11.7. The molecule has 0 spiro atoms. The van der Waals surface area contributed by atoms with E-state index < -0.39 is 0 Å². The van der Waals surface area contributed by atoms with Gasteiger partial charge in [-0.2, -0.15) is 0 Å². The Morgan fingerprint density at radius 3 is 2.58 bits per heavy atom. The molecule has 7 aliphatic rings. The molecule has 1 unspecified atom stereocenters. The summed E-state index contributed by atoms with van der Waals surface area (Å²) in [5.41, 5.74) is 0.408. The number of hydrogen-bond acceptors (Lipinski definition) is 3. The molecule has 8 atom stereocenters. The number of carbonyl (C=O) groups is 2. The Kier molecular flexibility index (Phi) is 5.25. The van der Waals surface area contributed by atoms with E-state index in [1.807, 2.05) is 18.0 Å². The minimum absolute atomic E-state index is 0.108. The lowest BCUT2D eigenvalue weighted by Crippen LogP contribution is -2.59. The van der Waals surface area contributed by atoms with E-state index in [2.05, 4.69) is 30.1 Å². The highest BCUT2D eigenvalue weighted by Crippen LogP contribution is 2.65. The lowest BCUT2D eigenvalue weighted by atomic mass is 9.47. The largest absolute Gasteiger partial charge is 0.341 e. The Hall–Kier alpha value is -1.36. The van der Waals surface area contributed by atoms with Gasteiger partial charge in [0.1, 0.15) is 0 Å². The molecule has 0 radical (unpaired) electrons. The van der Waals surface area contributed by atoms with Crippen molar-refractivity contribution in [3.05, 3.63) is 12.2 Å².